The summed E-state index contributed by atoms with van der Waals surface area (Å²) in [6, 6.07) is 13.9. The van der Waals surface area contributed by atoms with Crippen LogP contribution in [0.3, 0.4) is 0 Å². The lowest BCUT2D eigenvalue weighted by Gasteiger charge is -2.40. The molecule has 37 heavy (non-hydrogen) atoms. The minimum atomic E-state index is -1.26. The minimum Gasteiger partial charge on any atom is -0.465 e. The van der Waals surface area contributed by atoms with Crippen molar-refractivity contribution in [2.45, 2.75) is 51.2 Å². The molecule has 4 amide bonds. The molecule has 0 aliphatic carbocycles. The largest absolute Gasteiger partial charge is 0.465 e. The Balaban J connectivity index is 1.87. The van der Waals surface area contributed by atoms with Crippen molar-refractivity contribution < 1.29 is 28.5 Å². The molecule has 1 aliphatic heterocycles. The molecule has 3 atom stereocenters. The molecule has 3 rings (SSSR count). The number of hydrogen-bond donors (Lipinski definition) is 2. The van der Waals surface area contributed by atoms with E-state index in [0.717, 1.165) is 10.5 Å². The van der Waals surface area contributed by atoms with Gasteiger partial charge in [0.25, 0.3) is 11.8 Å². The quantitative estimate of drug-likeness (QED) is 0.458. The molecule has 0 fully saturated rings. The maximum Gasteiger partial charge on any atom is 0.408 e. The number of imide groups is 1. The first-order valence-electron chi connectivity index (χ1n) is 12.0. The molecular weight excluding hydrogens is 494 g/mol. The highest BCUT2D eigenvalue weighted by Crippen LogP contribution is 2.26. The second-order valence-corrected chi connectivity index (χ2v) is 11.6. The van der Waals surface area contributed by atoms with Crippen molar-refractivity contribution in [3.8, 4) is 0 Å². The minimum absolute atomic E-state index is 0.0195. The van der Waals surface area contributed by atoms with Crippen LogP contribution in [0.5, 0.6) is 0 Å². The standard InChI is InChI=1S/C27H33N3O6S/c1-27(2,3)30(26(34)35)19(16-18-10-6-5-7-11-18)17-28-23(31)22(14-15-37(4)36)29-24(32)20-12-8-9-13-21(20)25(29)33/h5-13,19,22H,14-17H2,1-4H3,(H,28,31)(H,34,35)/t19-,22+,37?/m0/s1. The van der Waals surface area contributed by atoms with Crippen molar-refractivity contribution in [3.05, 3.63) is 71.3 Å². The van der Waals surface area contributed by atoms with Gasteiger partial charge in [0.05, 0.1) is 17.2 Å². The van der Waals surface area contributed by atoms with E-state index >= 15 is 0 Å². The number of benzene rings is 2. The van der Waals surface area contributed by atoms with Crippen LogP contribution in [0.4, 0.5) is 4.79 Å². The Hall–Kier alpha value is -3.53. The topological polar surface area (TPSA) is 124 Å². The Kier molecular flexibility index (Phi) is 8.85. The summed E-state index contributed by atoms with van der Waals surface area (Å²) < 4.78 is 11.8. The molecule has 0 radical (unpaired) electrons. The number of amides is 4. The molecule has 2 aromatic rings. The average molecular weight is 528 g/mol. The molecule has 1 aliphatic rings. The first kappa shape index (κ1) is 28.0. The van der Waals surface area contributed by atoms with E-state index in [-0.39, 0.29) is 29.8 Å². The van der Waals surface area contributed by atoms with Crippen LogP contribution >= 0.6 is 0 Å². The predicted octanol–water partition coefficient (Wildman–Crippen LogP) is 2.93. The van der Waals surface area contributed by atoms with Gasteiger partial charge in [0, 0.05) is 34.9 Å². The van der Waals surface area contributed by atoms with E-state index < -0.39 is 52.2 Å². The fraction of sp³-hybridized carbons (Fsp3) is 0.407. The van der Waals surface area contributed by atoms with E-state index in [4.69, 9.17) is 0 Å². The van der Waals surface area contributed by atoms with Crippen molar-refractivity contribution in [1.82, 2.24) is 15.1 Å². The van der Waals surface area contributed by atoms with Crippen molar-refractivity contribution in [2.75, 3.05) is 18.6 Å². The smallest absolute Gasteiger partial charge is 0.408 e. The van der Waals surface area contributed by atoms with Gasteiger partial charge in [-0.25, -0.2) is 4.79 Å². The van der Waals surface area contributed by atoms with Crippen molar-refractivity contribution in [2.24, 2.45) is 0 Å². The number of carboxylic acid groups (broad SMARTS) is 1. The molecule has 0 spiro atoms. The Morgan fingerprint density at radius 2 is 1.54 bits per heavy atom. The summed E-state index contributed by atoms with van der Waals surface area (Å²) in [5, 5.41) is 12.8. The van der Waals surface area contributed by atoms with Crippen LogP contribution in [-0.2, 0) is 22.0 Å². The highest BCUT2D eigenvalue weighted by Gasteiger charge is 2.43. The van der Waals surface area contributed by atoms with Gasteiger partial charge in [0.2, 0.25) is 5.91 Å². The molecule has 0 aromatic heterocycles. The maximum absolute atomic E-state index is 13.5. The summed E-state index contributed by atoms with van der Waals surface area (Å²) in [6.07, 6.45) is 0.731. The zero-order valence-corrected chi connectivity index (χ0v) is 22.3. The van der Waals surface area contributed by atoms with Crippen LogP contribution in [0.25, 0.3) is 0 Å². The monoisotopic (exact) mass is 527 g/mol. The van der Waals surface area contributed by atoms with E-state index in [0.29, 0.717) is 6.42 Å². The van der Waals surface area contributed by atoms with Crippen molar-refractivity contribution in [3.63, 3.8) is 0 Å². The predicted molar refractivity (Wildman–Crippen MR) is 141 cm³/mol. The van der Waals surface area contributed by atoms with Crippen LogP contribution in [0.15, 0.2) is 54.6 Å². The van der Waals surface area contributed by atoms with E-state index in [2.05, 4.69) is 5.32 Å². The normalized spacial score (nSPS) is 15.6. The number of fused-ring (bicyclic) bond motifs is 1. The van der Waals surface area contributed by atoms with Gasteiger partial charge in [-0.3, -0.25) is 28.4 Å². The van der Waals surface area contributed by atoms with Gasteiger partial charge in [0.15, 0.2) is 0 Å². The van der Waals surface area contributed by atoms with Gasteiger partial charge in [-0.2, -0.15) is 0 Å². The van der Waals surface area contributed by atoms with Gasteiger partial charge in [-0.1, -0.05) is 42.5 Å². The third-order valence-electron chi connectivity index (χ3n) is 6.24. The fourth-order valence-electron chi connectivity index (χ4n) is 4.61. The third-order valence-corrected chi connectivity index (χ3v) is 7.05. The maximum atomic E-state index is 13.5. The molecule has 198 valence electrons. The summed E-state index contributed by atoms with van der Waals surface area (Å²) in [4.78, 5) is 54.1. The summed E-state index contributed by atoms with van der Waals surface area (Å²) >= 11 is 0. The van der Waals surface area contributed by atoms with Gasteiger partial charge in [-0.05, 0) is 51.3 Å². The zero-order valence-electron chi connectivity index (χ0n) is 21.5. The van der Waals surface area contributed by atoms with Crippen LogP contribution in [0, 0.1) is 0 Å². The fourth-order valence-corrected chi connectivity index (χ4v) is 5.17. The first-order valence-corrected chi connectivity index (χ1v) is 13.8. The summed E-state index contributed by atoms with van der Waals surface area (Å²) in [6.45, 7) is 5.30. The molecule has 0 bridgehead atoms. The number of carbonyl (C=O) groups excluding carboxylic acids is 3. The Bertz CT molecular complexity index is 1160. The lowest BCUT2D eigenvalue weighted by Crippen LogP contribution is -2.57. The molecule has 9 nitrogen and oxygen atoms in total. The van der Waals surface area contributed by atoms with Crippen LogP contribution in [0.1, 0.15) is 53.5 Å². The van der Waals surface area contributed by atoms with Crippen LogP contribution < -0.4 is 5.32 Å². The van der Waals surface area contributed by atoms with E-state index in [1.54, 1.807) is 32.9 Å². The highest BCUT2D eigenvalue weighted by molar-refractivity contribution is 7.84. The molecule has 2 aromatic carbocycles. The molecular formula is C27H33N3O6S. The zero-order chi connectivity index (χ0) is 27.3. The number of nitrogens with zero attached hydrogens (tertiary/aromatic N) is 2. The Morgan fingerprint density at radius 3 is 2.03 bits per heavy atom. The Labute approximate surface area is 219 Å². The average Bonchev–Trinajstić information content (AvgIpc) is 3.07. The van der Waals surface area contributed by atoms with Gasteiger partial charge < -0.3 is 10.4 Å². The SMILES string of the molecule is CS(=O)CC[C@H](C(=O)NC[C@H](Cc1ccccc1)N(C(=O)O)C(C)(C)C)N1C(=O)c2ccccc2C1=O. The lowest BCUT2D eigenvalue weighted by molar-refractivity contribution is -0.125. The number of carbonyl (C=O) groups is 4. The van der Waals surface area contributed by atoms with Gasteiger partial charge in [0.1, 0.15) is 6.04 Å². The van der Waals surface area contributed by atoms with Crippen molar-refractivity contribution >= 4 is 34.6 Å². The van der Waals surface area contributed by atoms with Crippen LogP contribution in [-0.4, -0.2) is 79.1 Å². The van der Waals surface area contributed by atoms with E-state index in [1.165, 1.54) is 23.3 Å². The molecule has 2 N–H and O–H groups in total. The second kappa shape index (κ2) is 11.7. The first-order chi connectivity index (χ1) is 17.4. The van der Waals surface area contributed by atoms with Crippen molar-refractivity contribution in [1.29, 1.82) is 0 Å². The summed E-state index contributed by atoms with van der Waals surface area (Å²) in [7, 11) is -1.26. The highest BCUT2D eigenvalue weighted by atomic mass is 32.2. The number of hydrogen-bond acceptors (Lipinski definition) is 5. The summed E-state index contributed by atoms with van der Waals surface area (Å²) in [5.41, 5.74) is 0.580. The number of rotatable bonds is 10. The lowest BCUT2D eigenvalue weighted by atomic mass is 9.98. The van der Waals surface area contributed by atoms with E-state index in [1.807, 2.05) is 30.3 Å². The summed E-state index contributed by atoms with van der Waals surface area (Å²) in [5.74, 6) is -1.64. The van der Waals surface area contributed by atoms with Gasteiger partial charge in [-0.15, -0.1) is 0 Å². The second-order valence-electron chi connectivity index (χ2n) is 10.0. The molecule has 0 saturated carbocycles. The van der Waals surface area contributed by atoms with Crippen LogP contribution in [0.2, 0.25) is 0 Å². The third kappa shape index (κ3) is 6.62. The molecule has 1 unspecified atom stereocenters. The molecule has 1 heterocycles. The number of nitrogens with one attached hydrogen (secondary N) is 1. The Morgan fingerprint density at radius 1 is 1.00 bits per heavy atom. The molecule has 10 heteroatoms. The molecule has 0 saturated heterocycles. The van der Waals surface area contributed by atoms with E-state index in [9.17, 15) is 28.5 Å². The van der Waals surface area contributed by atoms with Gasteiger partial charge >= 0.3 is 6.09 Å².